The molecule has 2 fully saturated rings. The average Bonchev–Trinajstić information content (AvgIpc) is 2.96. The Morgan fingerprint density at radius 1 is 1.09 bits per heavy atom. The van der Waals surface area contributed by atoms with Crippen LogP contribution in [0.3, 0.4) is 0 Å². The molecule has 0 spiro atoms. The summed E-state index contributed by atoms with van der Waals surface area (Å²) in [6.45, 7) is 7.84. The summed E-state index contributed by atoms with van der Waals surface area (Å²) in [5.41, 5.74) is -0.510. The Morgan fingerprint density at radius 2 is 1.68 bits per heavy atom. The Kier molecular flexibility index (Phi) is 3.98. The lowest BCUT2D eigenvalue weighted by Crippen LogP contribution is -2.41. The SMILES string of the molecule is CC1(C)OB(c2ccc(OC3CCCC3)cc2F)OC1(C)C. The van der Waals surface area contributed by atoms with Crippen molar-refractivity contribution in [1.82, 2.24) is 0 Å². The summed E-state index contributed by atoms with van der Waals surface area (Å²) in [5, 5.41) is 0. The lowest BCUT2D eigenvalue weighted by atomic mass is 9.78. The van der Waals surface area contributed by atoms with E-state index in [1.165, 1.54) is 18.9 Å². The lowest BCUT2D eigenvalue weighted by molar-refractivity contribution is 0.00578. The molecule has 1 heterocycles. The van der Waals surface area contributed by atoms with Crippen molar-refractivity contribution in [2.75, 3.05) is 0 Å². The normalized spacial score (nSPS) is 24.0. The van der Waals surface area contributed by atoms with Crippen molar-refractivity contribution in [2.45, 2.75) is 70.7 Å². The van der Waals surface area contributed by atoms with Gasteiger partial charge >= 0.3 is 7.12 Å². The Labute approximate surface area is 132 Å². The molecule has 0 amide bonds. The molecular formula is C17H24BFO3. The molecule has 0 N–H and O–H groups in total. The van der Waals surface area contributed by atoms with Crippen LogP contribution in [0.5, 0.6) is 5.75 Å². The fourth-order valence-electron chi connectivity index (χ4n) is 2.94. The number of halogens is 1. The van der Waals surface area contributed by atoms with Crippen molar-refractivity contribution in [3.8, 4) is 5.75 Å². The second-order valence-electron chi connectivity index (χ2n) is 7.30. The minimum absolute atomic E-state index is 0.224. The third kappa shape index (κ3) is 2.89. The predicted octanol–water partition coefficient (Wildman–Crippen LogP) is 3.45. The summed E-state index contributed by atoms with van der Waals surface area (Å²) >= 11 is 0. The molecule has 1 aromatic carbocycles. The molecule has 120 valence electrons. The Morgan fingerprint density at radius 3 is 2.23 bits per heavy atom. The maximum absolute atomic E-state index is 14.4. The van der Waals surface area contributed by atoms with Crippen molar-refractivity contribution in [3.05, 3.63) is 24.0 Å². The maximum Gasteiger partial charge on any atom is 0.497 e. The van der Waals surface area contributed by atoms with E-state index in [9.17, 15) is 4.39 Å². The summed E-state index contributed by atoms with van der Waals surface area (Å²) in [5.74, 6) is 0.249. The van der Waals surface area contributed by atoms with Gasteiger partial charge in [-0.15, -0.1) is 0 Å². The first-order valence-electron chi connectivity index (χ1n) is 8.10. The van der Waals surface area contributed by atoms with E-state index in [0.717, 1.165) is 12.8 Å². The Balaban J connectivity index is 1.75. The fourth-order valence-corrected chi connectivity index (χ4v) is 2.94. The topological polar surface area (TPSA) is 27.7 Å². The van der Waals surface area contributed by atoms with Gasteiger partial charge in [-0.25, -0.2) is 4.39 Å². The molecule has 2 aliphatic rings. The van der Waals surface area contributed by atoms with Crippen molar-refractivity contribution >= 4 is 12.6 Å². The van der Waals surface area contributed by atoms with E-state index in [0.29, 0.717) is 11.2 Å². The second kappa shape index (κ2) is 5.53. The van der Waals surface area contributed by atoms with Gasteiger partial charge in [0.1, 0.15) is 11.6 Å². The zero-order valence-electron chi connectivity index (χ0n) is 13.8. The molecule has 0 atom stereocenters. The fraction of sp³-hybridized carbons (Fsp3) is 0.647. The van der Waals surface area contributed by atoms with Crippen LogP contribution in [0.1, 0.15) is 53.4 Å². The van der Waals surface area contributed by atoms with E-state index >= 15 is 0 Å². The van der Waals surface area contributed by atoms with Gasteiger partial charge in [0.25, 0.3) is 0 Å². The van der Waals surface area contributed by atoms with Crippen LogP contribution in [0.25, 0.3) is 0 Å². The van der Waals surface area contributed by atoms with Gasteiger partial charge in [0, 0.05) is 11.5 Å². The van der Waals surface area contributed by atoms with E-state index in [4.69, 9.17) is 14.0 Å². The molecule has 22 heavy (non-hydrogen) atoms. The predicted molar refractivity (Wildman–Crippen MR) is 85.0 cm³/mol. The molecule has 1 saturated heterocycles. The van der Waals surface area contributed by atoms with Gasteiger partial charge in [-0.3, -0.25) is 0 Å². The van der Waals surface area contributed by atoms with E-state index < -0.39 is 18.3 Å². The van der Waals surface area contributed by atoms with Gasteiger partial charge in [-0.05, 0) is 59.4 Å². The molecule has 1 aliphatic heterocycles. The lowest BCUT2D eigenvalue weighted by Gasteiger charge is -2.32. The van der Waals surface area contributed by atoms with Crippen molar-refractivity contribution in [3.63, 3.8) is 0 Å². The highest BCUT2D eigenvalue weighted by molar-refractivity contribution is 6.62. The van der Waals surface area contributed by atoms with Gasteiger partial charge in [-0.1, -0.05) is 6.07 Å². The van der Waals surface area contributed by atoms with Gasteiger partial charge in [-0.2, -0.15) is 0 Å². The first-order valence-corrected chi connectivity index (χ1v) is 8.10. The maximum atomic E-state index is 14.4. The molecular weight excluding hydrogens is 282 g/mol. The largest absolute Gasteiger partial charge is 0.497 e. The van der Waals surface area contributed by atoms with Crippen LogP contribution >= 0.6 is 0 Å². The number of hydrogen-bond donors (Lipinski definition) is 0. The van der Waals surface area contributed by atoms with Crippen LogP contribution in [0, 0.1) is 5.82 Å². The van der Waals surface area contributed by atoms with Crippen LogP contribution < -0.4 is 10.2 Å². The Bertz CT molecular complexity index is 537. The summed E-state index contributed by atoms with van der Waals surface area (Å²) in [7, 11) is -0.675. The van der Waals surface area contributed by atoms with E-state index in [2.05, 4.69) is 0 Å². The first kappa shape index (κ1) is 15.8. The highest BCUT2D eigenvalue weighted by Crippen LogP contribution is 2.36. The summed E-state index contributed by atoms with van der Waals surface area (Å²) in [4.78, 5) is 0. The third-order valence-electron chi connectivity index (χ3n) is 5.08. The quantitative estimate of drug-likeness (QED) is 0.801. The number of ether oxygens (including phenoxy) is 1. The molecule has 5 heteroatoms. The van der Waals surface area contributed by atoms with Crippen LogP contribution in [-0.4, -0.2) is 24.4 Å². The molecule has 1 saturated carbocycles. The molecule has 3 rings (SSSR count). The molecule has 0 radical (unpaired) electrons. The van der Waals surface area contributed by atoms with E-state index in [1.54, 1.807) is 6.07 Å². The summed E-state index contributed by atoms with van der Waals surface area (Å²) in [6.07, 6.45) is 4.72. The zero-order chi connectivity index (χ0) is 16.0. The van der Waals surface area contributed by atoms with Crippen LogP contribution in [-0.2, 0) is 9.31 Å². The monoisotopic (exact) mass is 306 g/mol. The average molecular weight is 306 g/mol. The number of benzene rings is 1. The molecule has 1 aromatic rings. The van der Waals surface area contributed by atoms with Crippen LogP contribution in [0.15, 0.2) is 18.2 Å². The minimum atomic E-state index is -0.675. The van der Waals surface area contributed by atoms with Gasteiger partial charge in [0.15, 0.2) is 0 Å². The smallest absolute Gasteiger partial charge is 0.490 e. The minimum Gasteiger partial charge on any atom is -0.490 e. The van der Waals surface area contributed by atoms with Gasteiger partial charge in [0.2, 0.25) is 0 Å². The number of hydrogen-bond acceptors (Lipinski definition) is 3. The van der Waals surface area contributed by atoms with Crippen LogP contribution in [0.2, 0.25) is 0 Å². The second-order valence-corrected chi connectivity index (χ2v) is 7.30. The zero-order valence-corrected chi connectivity index (χ0v) is 13.8. The molecule has 0 unspecified atom stereocenters. The molecule has 0 bridgehead atoms. The van der Waals surface area contributed by atoms with E-state index in [-0.39, 0.29) is 11.9 Å². The van der Waals surface area contributed by atoms with Crippen molar-refractivity contribution in [2.24, 2.45) is 0 Å². The standard InChI is InChI=1S/C17H24BFO3/c1-16(2)17(3,4)22-18(21-16)14-10-9-13(11-15(14)19)20-12-7-5-6-8-12/h9-12H,5-8H2,1-4H3. The summed E-state index contributed by atoms with van der Waals surface area (Å²) < 4.78 is 32.1. The molecule has 1 aliphatic carbocycles. The van der Waals surface area contributed by atoms with Gasteiger partial charge in [0.05, 0.1) is 17.3 Å². The van der Waals surface area contributed by atoms with Crippen LogP contribution in [0.4, 0.5) is 4.39 Å². The third-order valence-corrected chi connectivity index (χ3v) is 5.08. The van der Waals surface area contributed by atoms with Crippen molar-refractivity contribution < 1.29 is 18.4 Å². The van der Waals surface area contributed by atoms with E-state index in [1.807, 2.05) is 33.8 Å². The first-order chi connectivity index (χ1) is 10.3. The highest BCUT2D eigenvalue weighted by Gasteiger charge is 2.52. The van der Waals surface area contributed by atoms with Crippen molar-refractivity contribution in [1.29, 1.82) is 0 Å². The summed E-state index contributed by atoms with van der Waals surface area (Å²) in [6, 6.07) is 4.96. The highest BCUT2D eigenvalue weighted by atomic mass is 19.1. The van der Waals surface area contributed by atoms with Gasteiger partial charge < -0.3 is 14.0 Å². The molecule has 3 nitrogen and oxygen atoms in total. The number of rotatable bonds is 3. The molecule has 0 aromatic heterocycles. The Hall–Kier alpha value is -1.07.